The third kappa shape index (κ3) is 8.69. The van der Waals surface area contributed by atoms with E-state index >= 15 is 0 Å². The summed E-state index contributed by atoms with van der Waals surface area (Å²) in [4.78, 5) is 40.7. The molecule has 4 aromatic carbocycles. The highest BCUT2D eigenvalue weighted by Crippen LogP contribution is 2.61. The summed E-state index contributed by atoms with van der Waals surface area (Å²) in [5.41, 5.74) is -0.203. The number of carbonyl (C=O) groups excluding carboxylic acids is 1. The first-order chi connectivity index (χ1) is 28.8. The normalized spacial score (nSPS) is 22.0. The molecule has 0 amide bonds. The van der Waals surface area contributed by atoms with Crippen molar-refractivity contribution < 1.29 is 33.0 Å². The molecule has 3 aliphatic rings. The Hall–Kier alpha value is -4.24. The zero-order chi connectivity index (χ0) is 40.8. The lowest BCUT2D eigenvalue weighted by Crippen LogP contribution is -2.49. The van der Waals surface area contributed by atoms with Crippen molar-refractivity contribution in [2.45, 2.75) is 42.5 Å². The van der Waals surface area contributed by atoms with Crippen molar-refractivity contribution in [2.24, 2.45) is 0 Å². The van der Waals surface area contributed by atoms with Gasteiger partial charge in [0.25, 0.3) is 5.56 Å². The van der Waals surface area contributed by atoms with Crippen molar-refractivity contribution in [1.82, 2.24) is 14.2 Å². The molecular formula is C44H46N3O9PS2. The highest BCUT2D eigenvalue weighted by Gasteiger charge is 2.65. The van der Waals surface area contributed by atoms with Crippen LogP contribution in [0.5, 0.6) is 11.5 Å². The third-order valence-corrected chi connectivity index (χ3v) is 16.1. The minimum atomic E-state index is -1.25. The molecule has 3 fully saturated rings. The highest BCUT2D eigenvalue weighted by atomic mass is 32.7. The summed E-state index contributed by atoms with van der Waals surface area (Å²) in [6.45, 7) is 1.91. The summed E-state index contributed by atoms with van der Waals surface area (Å²) >= 11 is 3.00. The summed E-state index contributed by atoms with van der Waals surface area (Å²) < 4.78 is 43.0. The molecule has 8 rings (SSSR count). The number of hydrogen-bond donors (Lipinski definition) is 1. The largest absolute Gasteiger partial charge is 0.497 e. The lowest BCUT2D eigenvalue weighted by atomic mass is 9.79. The molecule has 0 spiro atoms. The maximum absolute atomic E-state index is 13.3. The number of H-pyrrole nitrogens is 1. The van der Waals surface area contributed by atoms with E-state index in [1.54, 1.807) is 25.6 Å². The van der Waals surface area contributed by atoms with Crippen LogP contribution in [0, 0.1) is 0 Å². The molecule has 5 aromatic rings. The fraction of sp³-hybridized carbons (Fsp3) is 0.341. The van der Waals surface area contributed by atoms with E-state index < -0.39 is 48.4 Å². The number of ether oxygens (including phenoxy) is 5. The molecule has 3 aliphatic heterocycles. The van der Waals surface area contributed by atoms with Gasteiger partial charge in [0.2, 0.25) is 5.12 Å². The van der Waals surface area contributed by atoms with Crippen molar-refractivity contribution in [3.63, 3.8) is 0 Å². The molecule has 3 saturated heterocycles. The number of thioether (sulfide) groups is 1. The molecule has 1 N–H and O–H groups in total. The second kappa shape index (κ2) is 18.6. The standard InChI is InChI=1S/C44H46N3O9PS2/c1-51-35-19-15-33(16-20-35)44(32-13-7-4-8-14-32,34-17-21-36(52-2)22-18-34)54-30-43-29-53-38(40(55-43)47-26-23-37(48)45-42(47)50)39(43)56-57(46-24-9-10-25-46)59-28-27-58-41(49)31-11-5-3-6-12-31/h3-8,11-23,26,38-40H,9-10,24-25,27-30H2,1-2H3,(H,45,48,50)/t38?,39-,40-,43-,57?/m1/s1. The van der Waals surface area contributed by atoms with Crippen LogP contribution in [-0.2, 0) is 24.3 Å². The maximum Gasteiger partial charge on any atom is 0.330 e. The SMILES string of the molecule is COc1ccc(C(OC[C@@]23COC([C@H](n4ccc(=O)[nH]c4=O)O2)[C@H]3OP(SCCSC(=O)c2ccccc2)N2CCCC2)(c2ccccc2)c2ccc(OC)cc2)cc1. The maximum atomic E-state index is 13.3. The zero-order valence-electron chi connectivity index (χ0n) is 32.8. The molecule has 2 unspecified atom stereocenters. The van der Waals surface area contributed by atoms with E-state index in [1.165, 1.54) is 28.6 Å². The van der Waals surface area contributed by atoms with Crippen molar-refractivity contribution >= 4 is 35.8 Å². The highest BCUT2D eigenvalue weighted by molar-refractivity contribution is 8.53. The third-order valence-electron chi connectivity index (χ3n) is 10.9. The Kier molecular flexibility index (Phi) is 13.1. The monoisotopic (exact) mass is 855 g/mol. The molecule has 12 nitrogen and oxygen atoms in total. The Morgan fingerprint density at radius 1 is 0.831 bits per heavy atom. The molecule has 4 heterocycles. The quantitative estimate of drug-likeness (QED) is 0.0575. The van der Waals surface area contributed by atoms with Crippen LogP contribution in [0.1, 0.15) is 46.1 Å². The van der Waals surface area contributed by atoms with Gasteiger partial charge in [-0.2, -0.15) is 0 Å². The van der Waals surface area contributed by atoms with Crippen LogP contribution in [0.4, 0.5) is 0 Å². The fourth-order valence-corrected chi connectivity index (χ4v) is 13.2. The average Bonchev–Trinajstić information content (AvgIpc) is 4.01. The molecule has 0 saturated carbocycles. The number of aromatic amines is 1. The second-order valence-electron chi connectivity index (χ2n) is 14.4. The van der Waals surface area contributed by atoms with Crippen molar-refractivity contribution in [3.8, 4) is 11.5 Å². The van der Waals surface area contributed by atoms with E-state index in [9.17, 15) is 14.4 Å². The molecule has 15 heteroatoms. The zero-order valence-corrected chi connectivity index (χ0v) is 35.3. The first-order valence-electron chi connectivity index (χ1n) is 19.5. The molecular weight excluding hydrogens is 810 g/mol. The number of carbonyl (C=O) groups is 1. The molecule has 1 aromatic heterocycles. The van der Waals surface area contributed by atoms with E-state index in [0.717, 1.165) is 42.6 Å². The van der Waals surface area contributed by atoms with Crippen LogP contribution >= 0.6 is 30.6 Å². The lowest BCUT2D eigenvalue weighted by molar-refractivity contribution is -0.203. The predicted octanol–water partition coefficient (Wildman–Crippen LogP) is 7.24. The van der Waals surface area contributed by atoms with E-state index in [-0.39, 0.29) is 18.3 Å². The minimum Gasteiger partial charge on any atom is -0.497 e. The molecule has 0 aliphatic carbocycles. The van der Waals surface area contributed by atoms with Crippen LogP contribution in [-0.4, -0.2) is 89.2 Å². The van der Waals surface area contributed by atoms with Gasteiger partial charge in [-0.3, -0.25) is 23.8 Å². The second-order valence-corrected chi connectivity index (χ2v) is 19.1. The topological polar surface area (TPSA) is 131 Å². The Balaban J connectivity index is 1.15. The van der Waals surface area contributed by atoms with E-state index in [2.05, 4.69) is 9.65 Å². The van der Waals surface area contributed by atoms with E-state index in [4.69, 9.17) is 28.2 Å². The van der Waals surface area contributed by atoms with Gasteiger partial charge in [0.05, 0.1) is 27.4 Å². The van der Waals surface area contributed by atoms with Gasteiger partial charge in [0, 0.05) is 42.4 Å². The number of nitrogens with zero attached hydrogens (tertiary/aromatic N) is 2. The number of hydrogen-bond acceptors (Lipinski definition) is 12. The Morgan fingerprint density at radius 3 is 2.05 bits per heavy atom. The molecule has 5 atom stereocenters. The van der Waals surface area contributed by atoms with Gasteiger partial charge in [-0.25, -0.2) is 4.79 Å². The number of aromatic nitrogens is 2. The van der Waals surface area contributed by atoms with Crippen LogP contribution in [0.15, 0.2) is 131 Å². The molecule has 0 radical (unpaired) electrons. The first-order valence-corrected chi connectivity index (χ1v) is 23.3. The molecule has 2 bridgehead atoms. The Morgan fingerprint density at radius 2 is 1.44 bits per heavy atom. The summed E-state index contributed by atoms with van der Waals surface area (Å²) in [6.07, 6.45) is 1.27. The van der Waals surface area contributed by atoms with Gasteiger partial charge in [-0.15, -0.1) is 0 Å². The van der Waals surface area contributed by atoms with Gasteiger partial charge in [0.15, 0.2) is 13.7 Å². The predicted molar refractivity (Wildman–Crippen MR) is 230 cm³/mol. The van der Waals surface area contributed by atoms with Gasteiger partial charge in [-0.1, -0.05) is 108 Å². The van der Waals surface area contributed by atoms with E-state index in [0.29, 0.717) is 28.6 Å². The molecule has 308 valence electrons. The van der Waals surface area contributed by atoms with Crippen LogP contribution in [0.3, 0.4) is 0 Å². The fourth-order valence-electron chi connectivity index (χ4n) is 7.85. The first kappa shape index (κ1) is 41.5. The number of methoxy groups -OCH3 is 2. The number of benzene rings is 4. The van der Waals surface area contributed by atoms with Gasteiger partial charge < -0.3 is 28.2 Å². The number of nitrogens with one attached hydrogen (secondary N) is 1. The smallest absolute Gasteiger partial charge is 0.330 e. The van der Waals surface area contributed by atoms with Crippen LogP contribution < -0.4 is 20.7 Å². The van der Waals surface area contributed by atoms with Crippen molar-refractivity contribution in [1.29, 1.82) is 0 Å². The van der Waals surface area contributed by atoms with Crippen LogP contribution in [0.25, 0.3) is 0 Å². The minimum absolute atomic E-state index is 0.00495. The molecule has 59 heavy (non-hydrogen) atoms. The summed E-state index contributed by atoms with van der Waals surface area (Å²) in [5, 5.41) is 0.0363. The van der Waals surface area contributed by atoms with Gasteiger partial charge in [-0.05, 0) is 53.8 Å². The summed E-state index contributed by atoms with van der Waals surface area (Å²) in [7, 11) is 2.02. The number of fused-ring (bicyclic) bond motifs is 2. The van der Waals surface area contributed by atoms with E-state index in [1.807, 2.05) is 109 Å². The van der Waals surface area contributed by atoms with Crippen LogP contribution in [0.2, 0.25) is 0 Å². The number of rotatable bonds is 17. The summed E-state index contributed by atoms with van der Waals surface area (Å²) in [6, 6.07) is 36.3. The van der Waals surface area contributed by atoms with Gasteiger partial charge in [0.1, 0.15) is 34.9 Å². The van der Waals surface area contributed by atoms with Gasteiger partial charge >= 0.3 is 5.69 Å². The average molecular weight is 856 g/mol. The van der Waals surface area contributed by atoms with Crippen molar-refractivity contribution in [2.75, 3.05) is 52.0 Å². The Bertz CT molecular complexity index is 2250. The lowest BCUT2D eigenvalue weighted by Gasteiger charge is -2.40. The van der Waals surface area contributed by atoms with Crippen molar-refractivity contribution in [3.05, 3.63) is 165 Å². The summed E-state index contributed by atoms with van der Waals surface area (Å²) in [5.74, 6) is 2.70. The Labute approximate surface area is 352 Å².